The molecule has 0 bridgehead atoms. The third-order valence-corrected chi connectivity index (χ3v) is 7.04. The van der Waals surface area contributed by atoms with Crippen molar-refractivity contribution in [2.75, 3.05) is 24.6 Å². The van der Waals surface area contributed by atoms with Crippen molar-refractivity contribution < 1.29 is 17.6 Å². The quantitative estimate of drug-likeness (QED) is 0.777. The van der Waals surface area contributed by atoms with Gasteiger partial charge in [-0.2, -0.15) is 0 Å². The van der Waals surface area contributed by atoms with Crippen molar-refractivity contribution in [1.29, 1.82) is 0 Å². The minimum absolute atomic E-state index is 0.0319. The van der Waals surface area contributed by atoms with Crippen LogP contribution >= 0.6 is 0 Å². The summed E-state index contributed by atoms with van der Waals surface area (Å²) in [6.07, 6.45) is 3.59. The van der Waals surface area contributed by atoms with Crippen LogP contribution in [0.1, 0.15) is 17.1 Å². The third kappa shape index (κ3) is 3.91. The van der Waals surface area contributed by atoms with E-state index in [1.54, 1.807) is 23.4 Å². The largest absolute Gasteiger partial charge is 0.465 e. The van der Waals surface area contributed by atoms with Gasteiger partial charge in [0.1, 0.15) is 11.5 Å². The molecule has 2 unspecified atom stereocenters. The minimum atomic E-state index is -3.17. The standard InChI is InChI=1S/C19H23N3O4S/c1-14-4-5-16(26-14)11-21-7-8-22(18-13-27(24,25)12-17(18)21)19(23)9-15-3-2-6-20-10-15/h2-6,10,17-18H,7-9,11-13H2,1H3. The van der Waals surface area contributed by atoms with Crippen LogP contribution in [-0.2, 0) is 27.6 Å². The van der Waals surface area contributed by atoms with Gasteiger partial charge in [0.25, 0.3) is 0 Å². The Balaban J connectivity index is 1.52. The van der Waals surface area contributed by atoms with Crippen molar-refractivity contribution in [2.45, 2.75) is 32.0 Å². The highest BCUT2D eigenvalue weighted by molar-refractivity contribution is 7.91. The molecule has 0 aromatic carbocycles. The Hall–Kier alpha value is -2.19. The number of pyridine rings is 1. The molecule has 8 heteroatoms. The summed E-state index contributed by atoms with van der Waals surface area (Å²) in [5, 5.41) is 0. The van der Waals surface area contributed by atoms with E-state index in [1.807, 2.05) is 25.1 Å². The van der Waals surface area contributed by atoms with Crippen LogP contribution < -0.4 is 0 Å². The Kier molecular flexibility index (Phi) is 4.77. The van der Waals surface area contributed by atoms with Gasteiger partial charge in [-0.1, -0.05) is 6.07 Å². The summed E-state index contributed by atoms with van der Waals surface area (Å²) in [5.74, 6) is 1.75. The molecular formula is C19H23N3O4S. The molecule has 0 saturated carbocycles. The zero-order chi connectivity index (χ0) is 19.0. The van der Waals surface area contributed by atoms with Crippen LogP contribution in [0.3, 0.4) is 0 Å². The molecule has 1 amide bonds. The van der Waals surface area contributed by atoms with E-state index in [2.05, 4.69) is 9.88 Å². The van der Waals surface area contributed by atoms with Crippen molar-refractivity contribution in [3.8, 4) is 0 Å². The molecule has 2 aliphatic heterocycles. The zero-order valence-corrected chi connectivity index (χ0v) is 16.1. The molecule has 0 aliphatic carbocycles. The predicted octanol–water partition coefficient (Wildman–Crippen LogP) is 1.04. The van der Waals surface area contributed by atoms with Gasteiger partial charge in [-0.3, -0.25) is 14.7 Å². The van der Waals surface area contributed by atoms with Crippen molar-refractivity contribution >= 4 is 15.7 Å². The maximum atomic E-state index is 12.9. The highest BCUT2D eigenvalue weighted by Crippen LogP contribution is 2.29. The van der Waals surface area contributed by atoms with Crippen LogP contribution in [0.5, 0.6) is 0 Å². The number of fused-ring (bicyclic) bond motifs is 1. The van der Waals surface area contributed by atoms with Gasteiger partial charge in [-0.05, 0) is 30.7 Å². The molecule has 2 atom stereocenters. The van der Waals surface area contributed by atoms with Crippen LogP contribution in [0.15, 0.2) is 41.1 Å². The normalized spacial score (nSPS) is 24.7. The monoisotopic (exact) mass is 389 g/mol. The van der Waals surface area contributed by atoms with Gasteiger partial charge in [0, 0.05) is 31.5 Å². The Morgan fingerprint density at radius 3 is 2.74 bits per heavy atom. The van der Waals surface area contributed by atoms with Gasteiger partial charge in [0.05, 0.1) is 30.5 Å². The van der Waals surface area contributed by atoms with Gasteiger partial charge < -0.3 is 9.32 Å². The molecular weight excluding hydrogens is 366 g/mol. The average Bonchev–Trinajstić information content (AvgIpc) is 3.17. The lowest BCUT2D eigenvalue weighted by molar-refractivity contribution is -0.136. The van der Waals surface area contributed by atoms with E-state index in [0.717, 1.165) is 17.1 Å². The molecule has 2 fully saturated rings. The van der Waals surface area contributed by atoms with E-state index in [9.17, 15) is 13.2 Å². The molecule has 0 spiro atoms. The van der Waals surface area contributed by atoms with Crippen molar-refractivity contribution in [3.63, 3.8) is 0 Å². The Morgan fingerprint density at radius 2 is 2.04 bits per heavy atom. The summed E-state index contributed by atoms with van der Waals surface area (Å²) in [4.78, 5) is 20.8. The maximum absolute atomic E-state index is 12.9. The molecule has 0 N–H and O–H groups in total. The first-order valence-electron chi connectivity index (χ1n) is 9.09. The fourth-order valence-corrected chi connectivity index (χ4v) is 6.09. The number of carbonyl (C=O) groups excluding carboxylic acids is 1. The second-order valence-corrected chi connectivity index (χ2v) is 9.47. The number of nitrogens with zero attached hydrogens (tertiary/aromatic N) is 3. The average molecular weight is 389 g/mol. The number of aryl methyl sites for hydroxylation is 1. The summed E-state index contributed by atoms with van der Waals surface area (Å²) in [6.45, 7) is 3.61. The van der Waals surface area contributed by atoms with Crippen LogP contribution in [0.2, 0.25) is 0 Å². The minimum Gasteiger partial charge on any atom is -0.465 e. The fraction of sp³-hybridized carbons (Fsp3) is 0.474. The van der Waals surface area contributed by atoms with Gasteiger partial charge in [0.2, 0.25) is 5.91 Å². The number of carbonyl (C=O) groups is 1. The molecule has 4 heterocycles. The predicted molar refractivity (Wildman–Crippen MR) is 99.7 cm³/mol. The van der Waals surface area contributed by atoms with E-state index < -0.39 is 9.84 Å². The Morgan fingerprint density at radius 1 is 1.22 bits per heavy atom. The summed E-state index contributed by atoms with van der Waals surface area (Å²) >= 11 is 0. The number of hydrogen-bond donors (Lipinski definition) is 0. The lowest BCUT2D eigenvalue weighted by atomic mass is 10.0. The van der Waals surface area contributed by atoms with Crippen LogP contribution in [-0.4, -0.2) is 65.8 Å². The maximum Gasteiger partial charge on any atom is 0.227 e. The number of furan rings is 1. The topological polar surface area (TPSA) is 83.7 Å². The Bertz CT molecular complexity index is 925. The number of hydrogen-bond acceptors (Lipinski definition) is 6. The summed E-state index contributed by atoms with van der Waals surface area (Å²) in [7, 11) is -3.17. The van der Waals surface area contributed by atoms with E-state index >= 15 is 0 Å². The van der Waals surface area contributed by atoms with Crippen LogP contribution in [0.4, 0.5) is 0 Å². The number of amides is 1. The highest BCUT2D eigenvalue weighted by Gasteiger charge is 2.47. The molecule has 144 valence electrons. The first-order valence-corrected chi connectivity index (χ1v) is 10.9. The summed E-state index contributed by atoms with van der Waals surface area (Å²) < 4.78 is 30.3. The first kappa shape index (κ1) is 18.2. The fourth-order valence-electron chi connectivity index (χ4n) is 4.08. The first-order chi connectivity index (χ1) is 12.9. The van der Waals surface area contributed by atoms with Crippen molar-refractivity contribution in [1.82, 2.24) is 14.8 Å². The molecule has 0 radical (unpaired) electrons. The molecule has 2 aromatic rings. The lowest BCUT2D eigenvalue weighted by Crippen LogP contribution is -2.60. The van der Waals surface area contributed by atoms with E-state index in [0.29, 0.717) is 19.6 Å². The zero-order valence-electron chi connectivity index (χ0n) is 15.2. The number of sulfone groups is 1. The van der Waals surface area contributed by atoms with Gasteiger partial charge >= 0.3 is 0 Å². The number of piperazine rings is 1. The van der Waals surface area contributed by atoms with Crippen LogP contribution in [0, 0.1) is 6.92 Å². The number of rotatable bonds is 4. The highest BCUT2D eigenvalue weighted by atomic mass is 32.2. The molecule has 4 rings (SSSR count). The second-order valence-electron chi connectivity index (χ2n) is 7.32. The van der Waals surface area contributed by atoms with E-state index in [1.165, 1.54) is 0 Å². The summed E-state index contributed by atoms with van der Waals surface area (Å²) in [6, 6.07) is 7.01. The molecule has 2 aliphatic rings. The Labute approximate surface area is 158 Å². The summed E-state index contributed by atoms with van der Waals surface area (Å²) in [5.41, 5.74) is 0.841. The molecule has 2 saturated heterocycles. The van der Waals surface area contributed by atoms with Gasteiger partial charge in [-0.25, -0.2) is 8.42 Å². The van der Waals surface area contributed by atoms with Crippen LogP contribution in [0.25, 0.3) is 0 Å². The molecule has 27 heavy (non-hydrogen) atoms. The third-order valence-electron chi connectivity index (χ3n) is 5.34. The smallest absolute Gasteiger partial charge is 0.227 e. The van der Waals surface area contributed by atoms with E-state index in [4.69, 9.17) is 4.42 Å². The molecule has 2 aromatic heterocycles. The van der Waals surface area contributed by atoms with E-state index in [-0.39, 0.29) is 35.9 Å². The second kappa shape index (κ2) is 7.09. The number of aromatic nitrogens is 1. The molecule has 7 nitrogen and oxygen atoms in total. The van der Waals surface area contributed by atoms with Crippen molar-refractivity contribution in [3.05, 3.63) is 53.7 Å². The lowest BCUT2D eigenvalue weighted by Gasteiger charge is -2.43. The van der Waals surface area contributed by atoms with Gasteiger partial charge in [-0.15, -0.1) is 0 Å². The van der Waals surface area contributed by atoms with Crippen molar-refractivity contribution in [2.24, 2.45) is 0 Å². The SMILES string of the molecule is Cc1ccc(CN2CCN(C(=O)Cc3cccnc3)C3CS(=O)(=O)CC32)o1. The van der Waals surface area contributed by atoms with Gasteiger partial charge in [0.15, 0.2) is 9.84 Å².